The first kappa shape index (κ1) is 17.0. The molecule has 0 spiro atoms. The third-order valence-electron chi connectivity index (χ3n) is 4.13. The van der Waals surface area contributed by atoms with Crippen molar-refractivity contribution in [2.24, 2.45) is 0 Å². The molecule has 0 radical (unpaired) electrons. The summed E-state index contributed by atoms with van der Waals surface area (Å²) in [6.45, 7) is 0.407. The molecule has 1 aliphatic heterocycles. The van der Waals surface area contributed by atoms with Crippen LogP contribution in [0.4, 0.5) is 0 Å². The number of hydrogen-bond acceptors (Lipinski definition) is 5. The lowest BCUT2D eigenvalue weighted by molar-refractivity contribution is -0.142. The van der Waals surface area contributed by atoms with Crippen molar-refractivity contribution in [3.63, 3.8) is 0 Å². The van der Waals surface area contributed by atoms with Gasteiger partial charge in [0.05, 0.1) is 20.1 Å². The highest BCUT2D eigenvalue weighted by atomic mass is 16.5. The zero-order valence-corrected chi connectivity index (χ0v) is 14.0. The molecular formula is C19H20N2O4. The Kier molecular flexibility index (Phi) is 5.28. The Balaban J connectivity index is 1.59. The normalized spacial score (nSPS) is 15.2. The standard InChI is InChI=1S/C19H20N2O4/c1-24-18(23)6-5-17(22)21-12-15-11-14-3-2-4-16(19(14)25-15)13-7-9-20-10-8-13/h2-4,7-10,15H,5-6,11-12H2,1H3,(H,21,22). The van der Waals surface area contributed by atoms with Crippen LogP contribution < -0.4 is 10.1 Å². The molecule has 0 saturated carbocycles. The van der Waals surface area contributed by atoms with E-state index in [2.05, 4.69) is 15.0 Å². The molecule has 1 aromatic carbocycles. The van der Waals surface area contributed by atoms with Gasteiger partial charge in [0, 0.05) is 30.8 Å². The number of benzene rings is 1. The van der Waals surface area contributed by atoms with Crippen molar-refractivity contribution in [1.82, 2.24) is 10.3 Å². The average Bonchev–Trinajstić information content (AvgIpc) is 3.08. The molecule has 1 aromatic heterocycles. The van der Waals surface area contributed by atoms with Crippen LogP contribution in [0.1, 0.15) is 18.4 Å². The van der Waals surface area contributed by atoms with Crippen LogP contribution in [0, 0.1) is 0 Å². The van der Waals surface area contributed by atoms with Crippen LogP contribution in [-0.4, -0.2) is 36.6 Å². The van der Waals surface area contributed by atoms with Gasteiger partial charge in [0.15, 0.2) is 0 Å². The van der Waals surface area contributed by atoms with Crippen LogP contribution in [0.2, 0.25) is 0 Å². The SMILES string of the molecule is COC(=O)CCC(=O)NCC1Cc2cccc(-c3ccncc3)c2O1. The fourth-order valence-electron chi connectivity index (χ4n) is 2.84. The van der Waals surface area contributed by atoms with Crippen LogP contribution in [0.5, 0.6) is 5.75 Å². The van der Waals surface area contributed by atoms with Crippen molar-refractivity contribution in [1.29, 1.82) is 0 Å². The molecule has 3 rings (SSSR count). The van der Waals surface area contributed by atoms with Gasteiger partial charge in [-0.25, -0.2) is 0 Å². The maximum atomic E-state index is 11.8. The average molecular weight is 340 g/mol. The van der Waals surface area contributed by atoms with E-state index in [-0.39, 0.29) is 30.8 Å². The maximum Gasteiger partial charge on any atom is 0.306 e. The predicted octanol–water partition coefficient (Wildman–Crippen LogP) is 2.12. The van der Waals surface area contributed by atoms with E-state index in [0.717, 1.165) is 28.9 Å². The number of nitrogens with zero attached hydrogens (tertiary/aromatic N) is 1. The minimum Gasteiger partial charge on any atom is -0.487 e. The second-order valence-electron chi connectivity index (χ2n) is 5.85. The van der Waals surface area contributed by atoms with Crippen molar-refractivity contribution >= 4 is 11.9 Å². The first-order valence-electron chi connectivity index (χ1n) is 8.20. The number of pyridine rings is 1. The first-order chi connectivity index (χ1) is 12.2. The van der Waals surface area contributed by atoms with Gasteiger partial charge >= 0.3 is 5.97 Å². The zero-order chi connectivity index (χ0) is 17.6. The fraction of sp³-hybridized carbons (Fsp3) is 0.316. The Hall–Kier alpha value is -2.89. The number of amides is 1. The lowest BCUT2D eigenvalue weighted by Gasteiger charge is -2.13. The number of hydrogen-bond donors (Lipinski definition) is 1. The first-order valence-corrected chi connectivity index (χ1v) is 8.20. The fourth-order valence-corrected chi connectivity index (χ4v) is 2.84. The number of ether oxygens (including phenoxy) is 2. The molecule has 0 bridgehead atoms. The minimum absolute atomic E-state index is 0.0836. The summed E-state index contributed by atoms with van der Waals surface area (Å²) >= 11 is 0. The monoisotopic (exact) mass is 340 g/mol. The summed E-state index contributed by atoms with van der Waals surface area (Å²) < 4.78 is 10.6. The Morgan fingerprint density at radius 2 is 2.04 bits per heavy atom. The van der Waals surface area contributed by atoms with Crippen LogP contribution in [-0.2, 0) is 20.7 Å². The third kappa shape index (κ3) is 4.15. The molecule has 130 valence electrons. The molecule has 1 N–H and O–H groups in total. The highest BCUT2D eigenvalue weighted by molar-refractivity contribution is 5.81. The summed E-state index contributed by atoms with van der Waals surface area (Å²) in [5.41, 5.74) is 3.21. The van der Waals surface area contributed by atoms with Gasteiger partial charge in [0.25, 0.3) is 0 Å². The number of fused-ring (bicyclic) bond motifs is 1. The van der Waals surface area contributed by atoms with Crippen molar-refractivity contribution < 1.29 is 19.1 Å². The van der Waals surface area contributed by atoms with E-state index in [1.165, 1.54) is 7.11 Å². The van der Waals surface area contributed by atoms with Gasteiger partial charge in [-0.1, -0.05) is 18.2 Å². The van der Waals surface area contributed by atoms with Crippen LogP contribution in [0.3, 0.4) is 0 Å². The molecule has 1 aliphatic rings. The van der Waals surface area contributed by atoms with Crippen molar-refractivity contribution in [2.45, 2.75) is 25.4 Å². The summed E-state index contributed by atoms with van der Waals surface area (Å²) in [6, 6.07) is 9.96. The summed E-state index contributed by atoms with van der Waals surface area (Å²) in [5, 5.41) is 2.82. The van der Waals surface area contributed by atoms with E-state index in [1.807, 2.05) is 30.3 Å². The molecule has 0 saturated heterocycles. The maximum absolute atomic E-state index is 11.8. The molecule has 1 atom stereocenters. The molecule has 1 unspecified atom stereocenters. The van der Waals surface area contributed by atoms with Crippen LogP contribution in [0.15, 0.2) is 42.7 Å². The van der Waals surface area contributed by atoms with Gasteiger partial charge in [-0.15, -0.1) is 0 Å². The quantitative estimate of drug-likeness (QED) is 0.815. The molecule has 2 aromatic rings. The van der Waals surface area contributed by atoms with Gasteiger partial charge < -0.3 is 14.8 Å². The topological polar surface area (TPSA) is 77.5 Å². The van der Waals surface area contributed by atoms with Gasteiger partial charge in [-0.3, -0.25) is 14.6 Å². The van der Waals surface area contributed by atoms with Gasteiger partial charge in [-0.05, 0) is 23.3 Å². The third-order valence-corrected chi connectivity index (χ3v) is 4.13. The Morgan fingerprint density at radius 3 is 2.80 bits per heavy atom. The number of esters is 1. The summed E-state index contributed by atoms with van der Waals surface area (Å²) in [4.78, 5) is 26.9. The van der Waals surface area contributed by atoms with Gasteiger partial charge in [-0.2, -0.15) is 0 Å². The zero-order valence-electron chi connectivity index (χ0n) is 14.0. The van der Waals surface area contributed by atoms with E-state index < -0.39 is 0 Å². The lowest BCUT2D eigenvalue weighted by Crippen LogP contribution is -2.34. The molecular weight excluding hydrogens is 320 g/mol. The number of carbonyl (C=O) groups excluding carboxylic acids is 2. The number of methoxy groups -OCH3 is 1. The molecule has 1 amide bonds. The number of carbonyl (C=O) groups is 2. The van der Waals surface area contributed by atoms with E-state index >= 15 is 0 Å². The smallest absolute Gasteiger partial charge is 0.306 e. The van der Waals surface area contributed by atoms with Gasteiger partial charge in [0.2, 0.25) is 5.91 Å². The molecule has 2 heterocycles. The van der Waals surface area contributed by atoms with E-state index in [0.29, 0.717) is 6.54 Å². The molecule has 0 fully saturated rings. The molecule has 0 aliphatic carbocycles. The minimum atomic E-state index is -0.387. The van der Waals surface area contributed by atoms with Crippen molar-refractivity contribution in [3.8, 4) is 16.9 Å². The van der Waals surface area contributed by atoms with Gasteiger partial charge in [0.1, 0.15) is 11.9 Å². The highest BCUT2D eigenvalue weighted by Crippen LogP contribution is 2.38. The Bertz CT molecular complexity index is 761. The number of aromatic nitrogens is 1. The predicted molar refractivity (Wildman–Crippen MR) is 92.1 cm³/mol. The molecule has 25 heavy (non-hydrogen) atoms. The second-order valence-corrected chi connectivity index (χ2v) is 5.85. The number of rotatable bonds is 6. The summed E-state index contributed by atoms with van der Waals surface area (Å²) in [6.07, 6.45) is 4.34. The number of nitrogens with one attached hydrogen (secondary N) is 1. The molecule has 6 nitrogen and oxygen atoms in total. The van der Waals surface area contributed by atoms with Crippen LogP contribution >= 0.6 is 0 Å². The van der Waals surface area contributed by atoms with E-state index in [9.17, 15) is 9.59 Å². The van der Waals surface area contributed by atoms with E-state index in [1.54, 1.807) is 12.4 Å². The highest BCUT2D eigenvalue weighted by Gasteiger charge is 2.26. The lowest BCUT2D eigenvalue weighted by atomic mass is 10.0. The summed E-state index contributed by atoms with van der Waals surface area (Å²) in [5.74, 6) is 0.295. The number of para-hydroxylation sites is 1. The largest absolute Gasteiger partial charge is 0.487 e. The van der Waals surface area contributed by atoms with Crippen molar-refractivity contribution in [3.05, 3.63) is 48.3 Å². The second kappa shape index (κ2) is 7.79. The molecule has 6 heteroatoms. The Morgan fingerprint density at radius 1 is 1.24 bits per heavy atom. The van der Waals surface area contributed by atoms with E-state index in [4.69, 9.17) is 4.74 Å². The Labute approximate surface area is 146 Å². The van der Waals surface area contributed by atoms with Crippen molar-refractivity contribution in [2.75, 3.05) is 13.7 Å². The van der Waals surface area contributed by atoms with Crippen LogP contribution in [0.25, 0.3) is 11.1 Å². The summed E-state index contributed by atoms with van der Waals surface area (Å²) in [7, 11) is 1.31.